The van der Waals surface area contributed by atoms with Crippen LogP contribution in [0.15, 0.2) is 30.3 Å². The van der Waals surface area contributed by atoms with Crippen LogP contribution in [0, 0.1) is 0 Å². The molecule has 4 heteroatoms. The average molecular weight is 287 g/mol. The first kappa shape index (κ1) is 14.1. The van der Waals surface area contributed by atoms with E-state index in [-0.39, 0.29) is 5.91 Å². The number of likely N-dealkylation sites (tertiary alicyclic amines) is 1. The van der Waals surface area contributed by atoms with Crippen LogP contribution in [-0.4, -0.2) is 34.0 Å². The first-order valence-electron chi connectivity index (χ1n) is 7.62. The predicted molar refractivity (Wildman–Crippen MR) is 79.0 cm³/mol. The van der Waals surface area contributed by atoms with Gasteiger partial charge in [0.25, 0.3) is 0 Å². The van der Waals surface area contributed by atoms with Gasteiger partial charge in [-0.1, -0.05) is 36.8 Å². The van der Waals surface area contributed by atoms with Gasteiger partial charge in [0.15, 0.2) is 0 Å². The minimum Gasteiger partial charge on any atom is -0.480 e. The van der Waals surface area contributed by atoms with E-state index < -0.39 is 16.9 Å². The SMILES string of the molecule is CC1(C(=O)O)CCCN1C(=O)C1(c2ccccc2)CCC1. The molecule has 4 nitrogen and oxygen atoms in total. The molecule has 1 aromatic rings. The Morgan fingerprint density at radius 3 is 2.29 bits per heavy atom. The lowest BCUT2D eigenvalue weighted by Gasteiger charge is -2.46. The molecule has 2 fully saturated rings. The number of carboxylic acid groups (broad SMARTS) is 1. The number of carbonyl (C=O) groups is 2. The molecule has 3 rings (SSSR count). The molecule has 21 heavy (non-hydrogen) atoms. The second-order valence-corrected chi connectivity index (χ2v) is 6.44. The zero-order chi connectivity index (χ0) is 15.1. The van der Waals surface area contributed by atoms with E-state index in [2.05, 4.69) is 0 Å². The van der Waals surface area contributed by atoms with Crippen molar-refractivity contribution in [2.75, 3.05) is 6.54 Å². The molecule has 1 aromatic carbocycles. The van der Waals surface area contributed by atoms with Gasteiger partial charge in [-0.2, -0.15) is 0 Å². The van der Waals surface area contributed by atoms with E-state index in [4.69, 9.17) is 0 Å². The van der Waals surface area contributed by atoms with Gasteiger partial charge in [0, 0.05) is 6.54 Å². The van der Waals surface area contributed by atoms with Crippen LogP contribution in [0.25, 0.3) is 0 Å². The van der Waals surface area contributed by atoms with Crippen molar-refractivity contribution in [1.82, 2.24) is 4.90 Å². The molecule has 1 saturated carbocycles. The Labute approximate surface area is 124 Å². The number of amides is 1. The van der Waals surface area contributed by atoms with Gasteiger partial charge >= 0.3 is 5.97 Å². The highest BCUT2D eigenvalue weighted by atomic mass is 16.4. The number of aliphatic carboxylic acids is 1. The van der Waals surface area contributed by atoms with Crippen molar-refractivity contribution in [1.29, 1.82) is 0 Å². The van der Waals surface area contributed by atoms with Crippen molar-refractivity contribution in [3.05, 3.63) is 35.9 Å². The lowest BCUT2D eigenvalue weighted by atomic mass is 9.63. The van der Waals surface area contributed by atoms with Gasteiger partial charge in [-0.15, -0.1) is 0 Å². The Morgan fingerprint density at radius 1 is 1.10 bits per heavy atom. The van der Waals surface area contributed by atoms with Crippen molar-refractivity contribution < 1.29 is 14.7 Å². The summed E-state index contributed by atoms with van der Waals surface area (Å²) in [6, 6.07) is 9.82. The summed E-state index contributed by atoms with van der Waals surface area (Å²) in [6.07, 6.45) is 3.97. The molecule has 2 aliphatic rings. The second kappa shape index (κ2) is 4.86. The highest BCUT2D eigenvalue weighted by Gasteiger charge is 2.54. The largest absolute Gasteiger partial charge is 0.480 e. The summed E-state index contributed by atoms with van der Waals surface area (Å²) >= 11 is 0. The van der Waals surface area contributed by atoms with Crippen molar-refractivity contribution in [3.63, 3.8) is 0 Å². The number of hydrogen-bond donors (Lipinski definition) is 1. The molecule has 1 unspecified atom stereocenters. The van der Waals surface area contributed by atoms with E-state index in [0.29, 0.717) is 13.0 Å². The minimum atomic E-state index is -1.05. The Morgan fingerprint density at radius 2 is 1.76 bits per heavy atom. The second-order valence-electron chi connectivity index (χ2n) is 6.44. The summed E-state index contributed by atoms with van der Waals surface area (Å²) in [5, 5.41) is 9.52. The van der Waals surface area contributed by atoms with Crippen LogP contribution in [0.5, 0.6) is 0 Å². The number of nitrogens with zero attached hydrogens (tertiary/aromatic N) is 1. The third kappa shape index (κ3) is 1.96. The molecule has 1 heterocycles. The third-order valence-electron chi connectivity index (χ3n) is 5.29. The first-order valence-corrected chi connectivity index (χ1v) is 7.62. The quantitative estimate of drug-likeness (QED) is 0.929. The molecule has 1 aliphatic heterocycles. The van der Waals surface area contributed by atoms with Crippen LogP contribution < -0.4 is 0 Å². The molecular formula is C17H21NO3. The van der Waals surface area contributed by atoms with Crippen LogP contribution in [0.1, 0.15) is 44.6 Å². The van der Waals surface area contributed by atoms with Gasteiger partial charge in [0.1, 0.15) is 5.54 Å². The van der Waals surface area contributed by atoms with Gasteiger partial charge in [0.05, 0.1) is 5.41 Å². The van der Waals surface area contributed by atoms with Crippen LogP contribution in [0.4, 0.5) is 0 Å². The molecule has 1 amide bonds. The molecule has 0 aromatic heterocycles. The van der Waals surface area contributed by atoms with E-state index in [0.717, 1.165) is 31.2 Å². The van der Waals surface area contributed by atoms with Crippen molar-refractivity contribution in [2.45, 2.75) is 50.0 Å². The maximum atomic E-state index is 13.1. The molecule has 1 atom stereocenters. The number of carboxylic acids is 1. The van der Waals surface area contributed by atoms with E-state index >= 15 is 0 Å². The molecule has 1 aliphatic carbocycles. The molecule has 0 radical (unpaired) electrons. The van der Waals surface area contributed by atoms with Crippen molar-refractivity contribution in [2.24, 2.45) is 0 Å². The Bertz CT molecular complexity index is 565. The average Bonchev–Trinajstić information content (AvgIpc) is 2.82. The monoisotopic (exact) mass is 287 g/mol. The molecule has 0 bridgehead atoms. The van der Waals surface area contributed by atoms with Crippen LogP contribution in [-0.2, 0) is 15.0 Å². The fourth-order valence-corrected chi connectivity index (χ4v) is 3.68. The van der Waals surface area contributed by atoms with Crippen molar-refractivity contribution >= 4 is 11.9 Å². The predicted octanol–water partition coefficient (Wildman–Crippen LogP) is 2.57. The van der Waals surface area contributed by atoms with Crippen LogP contribution >= 0.6 is 0 Å². The standard InChI is InChI=1S/C17H21NO3/c1-16(15(20)21)9-6-12-18(16)14(19)17(10-5-11-17)13-7-3-2-4-8-13/h2-4,7-8H,5-6,9-12H2,1H3,(H,20,21). The topological polar surface area (TPSA) is 57.6 Å². The molecule has 1 N–H and O–H groups in total. The Kier molecular flexibility index (Phi) is 3.27. The number of hydrogen-bond acceptors (Lipinski definition) is 2. The molecular weight excluding hydrogens is 266 g/mol. The third-order valence-corrected chi connectivity index (χ3v) is 5.29. The van der Waals surface area contributed by atoms with Gasteiger partial charge < -0.3 is 10.0 Å². The number of rotatable bonds is 3. The summed E-state index contributed by atoms with van der Waals surface area (Å²) < 4.78 is 0. The van der Waals surface area contributed by atoms with Gasteiger partial charge in [0.2, 0.25) is 5.91 Å². The maximum absolute atomic E-state index is 13.1. The molecule has 1 saturated heterocycles. The lowest BCUT2D eigenvalue weighted by Crippen LogP contribution is -2.58. The van der Waals surface area contributed by atoms with E-state index in [1.165, 1.54) is 0 Å². The smallest absolute Gasteiger partial charge is 0.329 e. The van der Waals surface area contributed by atoms with E-state index in [1.807, 2.05) is 30.3 Å². The van der Waals surface area contributed by atoms with Crippen LogP contribution in [0.3, 0.4) is 0 Å². The van der Waals surface area contributed by atoms with Gasteiger partial charge in [-0.05, 0) is 38.2 Å². The van der Waals surface area contributed by atoms with Crippen molar-refractivity contribution in [3.8, 4) is 0 Å². The minimum absolute atomic E-state index is 0.00218. The van der Waals surface area contributed by atoms with E-state index in [9.17, 15) is 14.7 Å². The van der Waals surface area contributed by atoms with Crippen LogP contribution in [0.2, 0.25) is 0 Å². The Hall–Kier alpha value is -1.84. The maximum Gasteiger partial charge on any atom is 0.329 e. The summed E-state index contributed by atoms with van der Waals surface area (Å²) in [7, 11) is 0. The summed E-state index contributed by atoms with van der Waals surface area (Å²) in [4.78, 5) is 26.4. The molecule has 0 spiro atoms. The summed E-state index contributed by atoms with van der Waals surface area (Å²) in [5.74, 6) is -0.891. The lowest BCUT2D eigenvalue weighted by molar-refractivity contribution is -0.159. The Balaban J connectivity index is 1.95. The highest BCUT2D eigenvalue weighted by molar-refractivity contribution is 5.94. The summed E-state index contributed by atoms with van der Waals surface area (Å²) in [6.45, 7) is 2.23. The van der Waals surface area contributed by atoms with E-state index in [1.54, 1.807) is 11.8 Å². The zero-order valence-corrected chi connectivity index (χ0v) is 12.3. The zero-order valence-electron chi connectivity index (χ0n) is 12.3. The first-order chi connectivity index (χ1) is 10.0. The highest BCUT2D eigenvalue weighted by Crippen LogP contribution is 2.47. The summed E-state index contributed by atoms with van der Waals surface area (Å²) in [5.41, 5.74) is -0.516. The van der Waals surface area contributed by atoms with Gasteiger partial charge in [-0.25, -0.2) is 4.79 Å². The number of carbonyl (C=O) groups excluding carboxylic acids is 1. The fraction of sp³-hybridized carbons (Fsp3) is 0.529. The fourth-order valence-electron chi connectivity index (χ4n) is 3.68. The number of benzene rings is 1. The molecule has 112 valence electrons. The normalized spacial score (nSPS) is 27.2. The van der Waals surface area contributed by atoms with Gasteiger partial charge in [-0.3, -0.25) is 4.79 Å².